The summed E-state index contributed by atoms with van der Waals surface area (Å²) in [6, 6.07) is 13.5. The number of anilines is 1. The molecule has 0 aliphatic carbocycles. The van der Waals surface area contributed by atoms with E-state index in [2.05, 4.69) is 5.32 Å². The van der Waals surface area contributed by atoms with Crippen molar-refractivity contribution >= 4 is 29.2 Å². The van der Waals surface area contributed by atoms with Crippen molar-refractivity contribution in [2.75, 3.05) is 11.9 Å². The molecule has 0 bridgehead atoms. The van der Waals surface area contributed by atoms with Gasteiger partial charge in [-0.3, -0.25) is 4.79 Å². The highest BCUT2D eigenvalue weighted by molar-refractivity contribution is 6.32. The molecule has 0 spiro atoms. The van der Waals surface area contributed by atoms with Crippen molar-refractivity contribution in [3.8, 4) is 5.75 Å². The summed E-state index contributed by atoms with van der Waals surface area (Å²) in [4.78, 5) is 24.0. The predicted octanol–water partition coefficient (Wildman–Crippen LogP) is 4.31. The van der Waals surface area contributed by atoms with Crippen LogP contribution in [-0.2, 0) is 9.53 Å². The Hall–Kier alpha value is -2.53. The Morgan fingerprint density at radius 2 is 1.76 bits per heavy atom. The van der Waals surface area contributed by atoms with E-state index in [1.54, 1.807) is 55.5 Å². The fourth-order valence-corrected chi connectivity index (χ4v) is 2.32. The maximum atomic E-state index is 12.4. The number of amides is 1. The van der Waals surface area contributed by atoms with Crippen molar-refractivity contribution < 1.29 is 19.1 Å². The number of benzene rings is 2. The van der Waals surface area contributed by atoms with E-state index >= 15 is 0 Å². The van der Waals surface area contributed by atoms with Crippen LogP contribution in [0.5, 0.6) is 5.75 Å². The van der Waals surface area contributed by atoms with E-state index in [1.807, 2.05) is 6.92 Å². The second-order valence-corrected chi connectivity index (χ2v) is 5.64. The lowest BCUT2D eigenvalue weighted by Crippen LogP contribution is -2.32. The van der Waals surface area contributed by atoms with Crippen LogP contribution >= 0.6 is 11.6 Å². The fourth-order valence-electron chi connectivity index (χ4n) is 2.14. The number of esters is 1. The van der Waals surface area contributed by atoms with Crippen LogP contribution in [0.4, 0.5) is 5.69 Å². The third-order valence-corrected chi connectivity index (χ3v) is 3.74. The normalized spacial score (nSPS) is 11.5. The molecular formula is C19H20ClNO4. The van der Waals surface area contributed by atoms with Crippen molar-refractivity contribution in [1.29, 1.82) is 0 Å². The zero-order chi connectivity index (χ0) is 18.2. The lowest BCUT2D eigenvalue weighted by molar-refractivity contribution is -0.122. The monoisotopic (exact) mass is 361 g/mol. The number of hydrogen-bond donors (Lipinski definition) is 1. The number of nitrogens with one attached hydrogen (secondary N) is 1. The molecule has 2 rings (SSSR count). The van der Waals surface area contributed by atoms with Crippen molar-refractivity contribution in [1.82, 2.24) is 0 Å². The Kier molecular flexibility index (Phi) is 6.83. The number of rotatable bonds is 7. The van der Waals surface area contributed by atoms with Gasteiger partial charge < -0.3 is 14.8 Å². The van der Waals surface area contributed by atoms with Gasteiger partial charge in [-0.05, 0) is 49.7 Å². The van der Waals surface area contributed by atoms with Gasteiger partial charge in [0.2, 0.25) is 0 Å². The summed E-state index contributed by atoms with van der Waals surface area (Å²) in [5, 5.41) is 3.22. The Labute approximate surface area is 151 Å². The van der Waals surface area contributed by atoms with Crippen LogP contribution in [-0.4, -0.2) is 24.6 Å². The molecule has 2 aromatic rings. The van der Waals surface area contributed by atoms with Gasteiger partial charge in [0.25, 0.3) is 5.91 Å². The first-order valence-electron chi connectivity index (χ1n) is 8.04. The Bertz CT molecular complexity index is 730. The summed E-state index contributed by atoms with van der Waals surface area (Å²) in [7, 11) is 0. The Morgan fingerprint density at radius 1 is 1.08 bits per heavy atom. The van der Waals surface area contributed by atoms with E-state index in [-0.39, 0.29) is 5.91 Å². The summed E-state index contributed by atoms with van der Waals surface area (Å²) < 4.78 is 10.6. The number of para-hydroxylation sites is 1. The first kappa shape index (κ1) is 18.8. The standard InChI is InChI=1S/C19H20ClNO4/c1-3-16(25-17-8-6-5-7-15(17)20)18(22)21-14-11-9-13(10-12-14)19(23)24-4-2/h5-12,16H,3-4H2,1-2H3,(H,21,22)/t16-/m0/s1. The smallest absolute Gasteiger partial charge is 0.338 e. The molecule has 5 nitrogen and oxygen atoms in total. The van der Waals surface area contributed by atoms with Crippen LogP contribution in [0.25, 0.3) is 0 Å². The zero-order valence-corrected chi connectivity index (χ0v) is 14.9. The van der Waals surface area contributed by atoms with Crippen molar-refractivity contribution in [2.45, 2.75) is 26.4 Å². The van der Waals surface area contributed by atoms with Gasteiger partial charge in [0, 0.05) is 5.69 Å². The summed E-state index contributed by atoms with van der Waals surface area (Å²) in [6.45, 7) is 3.91. The topological polar surface area (TPSA) is 64.6 Å². The average molecular weight is 362 g/mol. The van der Waals surface area contributed by atoms with Crippen LogP contribution in [0.15, 0.2) is 48.5 Å². The molecule has 0 unspecified atom stereocenters. The second kappa shape index (κ2) is 9.08. The lowest BCUT2D eigenvalue weighted by Gasteiger charge is -2.18. The van der Waals surface area contributed by atoms with Gasteiger partial charge in [-0.15, -0.1) is 0 Å². The Balaban J connectivity index is 2.02. The molecule has 1 N–H and O–H groups in total. The van der Waals surface area contributed by atoms with Gasteiger partial charge in [-0.1, -0.05) is 30.7 Å². The highest BCUT2D eigenvalue weighted by Gasteiger charge is 2.19. The van der Waals surface area contributed by atoms with Crippen LogP contribution in [0, 0.1) is 0 Å². The number of ether oxygens (including phenoxy) is 2. The molecule has 0 fully saturated rings. The number of halogens is 1. The number of hydrogen-bond acceptors (Lipinski definition) is 4. The first-order chi connectivity index (χ1) is 12.0. The van der Waals surface area contributed by atoms with E-state index in [9.17, 15) is 9.59 Å². The lowest BCUT2D eigenvalue weighted by atomic mass is 10.2. The minimum atomic E-state index is -0.676. The van der Waals surface area contributed by atoms with E-state index in [1.165, 1.54) is 0 Å². The molecule has 0 saturated carbocycles. The number of carbonyl (C=O) groups is 2. The summed E-state index contributed by atoms with van der Waals surface area (Å²) in [6.07, 6.45) is -0.192. The predicted molar refractivity (Wildman–Crippen MR) is 97.2 cm³/mol. The molecule has 0 aliphatic rings. The van der Waals surface area contributed by atoms with Gasteiger partial charge in [0.1, 0.15) is 5.75 Å². The van der Waals surface area contributed by atoms with Gasteiger partial charge in [0.15, 0.2) is 6.10 Å². The van der Waals surface area contributed by atoms with Gasteiger partial charge in [0.05, 0.1) is 17.2 Å². The minimum absolute atomic E-state index is 0.286. The summed E-state index contributed by atoms with van der Waals surface area (Å²) in [5.74, 6) is -0.219. The van der Waals surface area contributed by atoms with E-state index in [0.717, 1.165) is 0 Å². The van der Waals surface area contributed by atoms with Crippen LogP contribution < -0.4 is 10.1 Å². The summed E-state index contributed by atoms with van der Waals surface area (Å²) in [5.41, 5.74) is 0.999. The van der Waals surface area contributed by atoms with Crippen molar-refractivity contribution in [3.63, 3.8) is 0 Å². The molecule has 6 heteroatoms. The summed E-state index contributed by atoms with van der Waals surface area (Å²) >= 11 is 6.06. The van der Waals surface area contributed by atoms with E-state index in [4.69, 9.17) is 21.1 Å². The molecule has 132 valence electrons. The SMILES string of the molecule is CCOC(=O)c1ccc(NC(=O)[C@H](CC)Oc2ccccc2Cl)cc1. The quantitative estimate of drug-likeness (QED) is 0.746. The molecule has 1 atom stereocenters. The van der Waals surface area contributed by atoms with Crippen LogP contribution in [0.2, 0.25) is 5.02 Å². The molecular weight excluding hydrogens is 342 g/mol. The van der Waals surface area contributed by atoms with Gasteiger partial charge in [-0.2, -0.15) is 0 Å². The third kappa shape index (κ3) is 5.22. The Morgan fingerprint density at radius 3 is 2.36 bits per heavy atom. The van der Waals surface area contributed by atoms with E-state index < -0.39 is 12.1 Å². The van der Waals surface area contributed by atoms with E-state index in [0.29, 0.717) is 35.1 Å². The van der Waals surface area contributed by atoms with Gasteiger partial charge >= 0.3 is 5.97 Å². The first-order valence-corrected chi connectivity index (χ1v) is 8.42. The maximum Gasteiger partial charge on any atom is 0.338 e. The molecule has 0 heterocycles. The van der Waals surface area contributed by atoms with Crippen LogP contribution in [0.1, 0.15) is 30.6 Å². The third-order valence-electron chi connectivity index (χ3n) is 3.43. The van der Waals surface area contributed by atoms with Crippen molar-refractivity contribution in [3.05, 3.63) is 59.1 Å². The minimum Gasteiger partial charge on any atom is -0.479 e. The molecule has 0 radical (unpaired) electrons. The van der Waals surface area contributed by atoms with Crippen molar-refractivity contribution in [2.24, 2.45) is 0 Å². The molecule has 0 aliphatic heterocycles. The molecule has 0 aromatic heterocycles. The van der Waals surface area contributed by atoms with Gasteiger partial charge in [-0.25, -0.2) is 4.79 Å². The zero-order valence-electron chi connectivity index (χ0n) is 14.1. The molecule has 25 heavy (non-hydrogen) atoms. The largest absolute Gasteiger partial charge is 0.479 e. The van der Waals surface area contributed by atoms with Crippen LogP contribution in [0.3, 0.4) is 0 Å². The maximum absolute atomic E-state index is 12.4. The molecule has 2 aromatic carbocycles. The highest BCUT2D eigenvalue weighted by atomic mass is 35.5. The molecule has 0 saturated heterocycles. The fraction of sp³-hybridized carbons (Fsp3) is 0.263. The molecule has 1 amide bonds. The highest BCUT2D eigenvalue weighted by Crippen LogP contribution is 2.25. The average Bonchev–Trinajstić information content (AvgIpc) is 2.61. The second-order valence-electron chi connectivity index (χ2n) is 5.23. The number of carbonyl (C=O) groups excluding carboxylic acids is 2.